The molecule has 1 rings (SSSR count). The van der Waals surface area contributed by atoms with Gasteiger partial charge in [0.15, 0.2) is 0 Å². The summed E-state index contributed by atoms with van der Waals surface area (Å²) in [7, 11) is 0. The average molecular weight is 238 g/mol. The van der Waals surface area contributed by atoms with Crippen molar-refractivity contribution in [3.8, 4) is 0 Å². The molecule has 0 aliphatic heterocycles. The van der Waals surface area contributed by atoms with Crippen molar-refractivity contribution in [2.24, 2.45) is 0 Å². The molecule has 0 fully saturated rings. The molecule has 0 aliphatic carbocycles. The van der Waals surface area contributed by atoms with Crippen LogP contribution in [-0.4, -0.2) is 24.5 Å². The molecule has 0 bridgehead atoms. The molecule has 0 saturated carbocycles. The lowest BCUT2D eigenvalue weighted by Gasteiger charge is -2.16. The quantitative estimate of drug-likeness (QED) is 0.706. The van der Waals surface area contributed by atoms with E-state index < -0.39 is 0 Å². The molecule has 3 heteroatoms. The van der Waals surface area contributed by atoms with Crippen molar-refractivity contribution >= 4 is 0 Å². The summed E-state index contributed by atoms with van der Waals surface area (Å²) in [5.41, 5.74) is 1.32. The molecule has 0 aliphatic rings. The molecule has 0 unspecified atom stereocenters. The Labute approximate surface area is 105 Å². The van der Waals surface area contributed by atoms with Crippen molar-refractivity contribution in [3.63, 3.8) is 0 Å². The van der Waals surface area contributed by atoms with Gasteiger partial charge in [0.05, 0.1) is 6.54 Å². The zero-order valence-corrected chi connectivity index (χ0v) is 11.7. The number of nitrogens with one attached hydrogen (secondary N) is 1. The minimum Gasteiger partial charge on any atom is -0.465 e. The summed E-state index contributed by atoms with van der Waals surface area (Å²) in [6.45, 7) is 13.7. The largest absolute Gasteiger partial charge is 0.465 e. The Kier molecular flexibility index (Phi) is 6.30. The van der Waals surface area contributed by atoms with E-state index in [1.807, 2.05) is 0 Å². The second-order valence-electron chi connectivity index (χ2n) is 4.43. The molecule has 1 heterocycles. The lowest BCUT2D eigenvalue weighted by atomic mass is 10.2. The molecular weight excluding hydrogens is 212 g/mol. The molecule has 0 atom stereocenters. The average Bonchev–Trinajstić information content (AvgIpc) is 2.67. The van der Waals surface area contributed by atoms with Crippen LogP contribution < -0.4 is 5.32 Å². The van der Waals surface area contributed by atoms with Gasteiger partial charge >= 0.3 is 0 Å². The number of nitrogens with zero attached hydrogens (tertiary/aromatic N) is 1. The molecule has 0 amide bonds. The van der Waals surface area contributed by atoms with Crippen LogP contribution in [0.1, 0.15) is 44.3 Å². The van der Waals surface area contributed by atoms with Crippen molar-refractivity contribution in [2.75, 3.05) is 19.6 Å². The minimum absolute atomic E-state index is 0.840. The molecule has 17 heavy (non-hydrogen) atoms. The standard InChI is InChI=1S/C14H26N2O/c1-5-8-15-10-14-9-13(12(4)17-14)11-16(6-2)7-3/h9,15H,5-8,10-11H2,1-4H3. The smallest absolute Gasteiger partial charge is 0.118 e. The first-order valence-electron chi connectivity index (χ1n) is 6.72. The predicted octanol–water partition coefficient (Wildman–Crippen LogP) is 2.93. The van der Waals surface area contributed by atoms with E-state index in [0.29, 0.717) is 0 Å². The molecule has 1 N–H and O–H groups in total. The van der Waals surface area contributed by atoms with E-state index in [1.54, 1.807) is 0 Å². The highest BCUT2D eigenvalue weighted by Crippen LogP contribution is 2.16. The topological polar surface area (TPSA) is 28.4 Å². The van der Waals surface area contributed by atoms with Crippen molar-refractivity contribution in [1.82, 2.24) is 10.2 Å². The van der Waals surface area contributed by atoms with Gasteiger partial charge in [0.1, 0.15) is 11.5 Å². The normalized spacial score (nSPS) is 11.4. The maximum Gasteiger partial charge on any atom is 0.118 e. The summed E-state index contributed by atoms with van der Waals surface area (Å²) in [4.78, 5) is 2.40. The van der Waals surface area contributed by atoms with Gasteiger partial charge < -0.3 is 9.73 Å². The van der Waals surface area contributed by atoms with Crippen LogP contribution in [0.25, 0.3) is 0 Å². The third-order valence-electron chi connectivity index (χ3n) is 3.09. The van der Waals surface area contributed by atoms with Crippen molar-refractivity contribution in [3.05, 3.63) is 23.2 Å². The Bertz CT molecular complexity index is 316. The van der Waals surface area contributed by atoms with E-state index in [9.17, 15) is 0 Å². The van der Waals surface area contributed by atoms with Crippen LogP contribution in [0, 0.1) is 6.92 Å². The monoisotopic (exact) mass is 238 g/mol. The van der Waals surface area contributed by atoms with E-state index >= 15 is 0 Å². The Morgan fingerprint density at radius 2 is 1.94 bits per heavy atom. The first kappa shape index (κ1) is 14.3. The summed E-state index contributed by atoms with van der Waals surface area (Å²) < 4.78 is 5.76. The SMILES string of the molecule is CCCNCc1cc(CN(CC)CC)c(C)o1. The van der Waals surface area contributed by atoms with Gasteiger partial charge in [-0.3, -0.25) is 4.90 Å². The highest BCUT2D eigenvalue weighted by Gasteiger charge is 2.09. The molecule has 0 spiro atoms. The Morgan fingerprint density at radius 3 is 2.53 bits per heavy atom. The van der Waals surface area contributed by atoms with E-state index in [4.69, 9.17) is 4.42 Å². The van der Waals surface area contributed by atoms with Gasteiger partial charge in [0.2, 0.25) is 0 Å². The van der Waals surface area contributed by atoms with Gasteiger partial charge in [-0.2, -0.15) is 0 Å². The fraction of sp³-hybridized carbons (Fsp3) is 0.714. The molecule has 3 nitrogen and oxygen atoms in total. The van der Waals surface area contributed by atoms with E-state index in [0.717, 1.165) is 50.7 Å². The fourth-order valence-electron chi connectivity index (χ4n) is 1.91. The van der Waals surface area contributed by atoms with Gasteiger partial charge in [0, 0.05) is 12.1 Å². The lowest BCUT2D eigenvalue weighted by Crippen LogP contribution is -2.22. The number of hydrogen-bond acceptors (Lipinski definition) is 3. The van der Waals surface area contributed by atoms with Gasteiger partial charge in [-0.25, -0.2) is 0 Å². The molecule has 1 aromatic rings. The van der Waals surface area contributed by atoms with Crippen LogP contribution in [0.4, 0.5) is 0 Å². The number of furan rings is 1. The van der Waals surface area contributed by atoms with Crippen LogP contribution in [0.15, 0.2) is 10.5 Å². The number of hydrogen-bond donors (Lipinski definition) is 1. The minimum atomic E-state index is 0.840. The van der Waals surface area contributed by atoms with Gasteiger partial charge in [-0.15, -0.1) is 0 Å². The molecule has 1 aromatic heterocycles. The maximum atomic E-state index is 5.76. The Balaban J connectivity index is 2.55. The summed E-state index contributed by atoms with van der Waals surface area (Å²) in [5.74, 6) is 2.11. The third kappa shape index (κ3) is 4.52. The summed E-state index contributed by atoms with van der Waals surface area (Å²) in [6, 6.07) is 2.19. The molecular formula is C14H26N2O. The Hall–Kier alpha value is -0.800. The fourth-order valence-corrected chi connectivity index (χ4v) is 1.91. The zero-order valence-electron chi connectivity index (χ0n) is 11.7. The molecule has 98 valence electrons. The third-order valence-corrected chi connectivity index (χ3v) is 3.09. The van der Waals surface area contributed by atoms with Crippen LogP contribution in [-0.2, 0) is 13.1 Å². The van der Waals surface area contributed by atoms with Crippen LogP contribution in [0.3, 0.4) is 0 Å². The van der Waals surface area contributed by atoms with Crippen molar-refractivity contribution in [1.29, 1.82) is 0 Å². The summed E-state index contributed by atoms with van der Waals surface area (Å²) in [6.07, 6.45) is 1.16. The lowest BCUT2D eigenvalue weighted by molar-refractivity contribution is 0.293. The van der Waals surface area contributed by atoms with Crippen LogP contribution in [0.2, 0.25) is 0 Å². The second kappa shape index (κ2) is 7.51. The maximum absolute atomic E-state index is 5.76. The first-order chi connectivity index (χ1) is 8.21. The zero-order chi connectivity index (χ0) is 12.7. The van der Waals surface area contributed by atoms with E-state index in [2.05, 4.69) is 44.0 Å². The molecule has 0 aromatic carbocycles. The van der Waals surface area contributed by atoms with E-state index in [1.165, 1.54) is 5.56 Å². The number of aryl methyl sites for hydroxylation is 1. The van der Waals surface area contributed by atoms with Crippen LogP contribution >= 0.6 is 0 Å². The Morgan fingerprint density at radius 1 is 1.24 bits per heavy atom. The highest BCUT2D eigenvalue weighted by molar-refractivity contribution is 5.20. The van der Waals surface area contributed by atoms with Crippen LogP contribution in [0.5, 0.6) is 0 Å². The predicted molar refractivity (Wildman–Crippen MR) is 72.1 cm³/mol. The highest BCUT2D eigenvalue weighted by atomic mass is 16.3. The van der Waals surface area contributed by atoms with E-state index in [-0.39, 0.29) is 0 Å². The van der Waals surface area contributed by atoms with Crippen molar-refractivity contribution in [2.45, 2.75) is 47.2 Å². The molecule has 0 saturated heterocycles. The summed E-state index contributed by atoms with van der Waals surface area (Å²) in [5, 5.41) is 3.37. The van der Waals surface area contributed by atoms with Gasteiger partial charge in [0.25, 0.3) is 0 Å². The first-order valence-corrected chi connectivity index (χ1v) is 6.72. The van der Waals surface area contributed by atoms with Gasteiger partial charge in [-0.1, -0.05) is 20.8 Å². The number of rotatable bonds is 8. The van der Waals surface area contributed by atoms with Gasteiger partial charge in [-0.05, 0) is 39.0 Å². The molecule has 0 radical (unpaired) electrons. The summed E-state index contributed by atoms with van der Waals surface area (Å²) >= 11 is 0. The second-order valence-corrected chi connectivity index (χ2v) is 4.43. The van der Waals surface area contributed by atoms with Crippen molar-refractivity contribution < 1.29 is 4.42 Å².